The summed E-state index contributed by atoms with van der Waals surface area (Å²) in [5.74, 6) is 1.01. The van der Waals surface area contributed by atoms with Crippen molar-refractivity contribution in [2.75, 3.05) is 0 Å². The highest BCUT2D eigenvalue weighted by atomic mass is 32.1. The Bertz CT molecular complexity index is 3650. The summed E-state index contributed by atoms with van der Waals surface area (Å²) in [5, 5.41) is 5.76. The summed E-state index contributed by atoms with van der Waals surface area (Å²) in [7, 11) is 0. The fraction of sp³-hybridized carbons (Fsp3) is 0.0370. The van der Waals surface area contributed by atoms with Gasteiger partial charge in [-0.25, -0.2) is 9.97 Å². The van der Waals surface area contributed by atoms with Crippen LogP contribution >= 0.6 is 11.3 Å². The van der Waals surface area contributed by atoms with E-state index in [2.05, 4.69) is 180 Å². The van der Waals surface area contributed by atoms with Crippen LogP contribution in [-0.2, 0) is 6.42 Å². The summed E-state index contributed by atoms with van der Waals surface area (Å²) in [6.45, 7) is 0. The molecule has 0 saturated heterocycles. The summed E-state index contributed by atoms with van der Waals surface area (Å²) in [5.41, 5.74) is 15.8. The molecule has 0 saturated carbocycles. The fourth-order valence-electron chi connectivity index (χ4n) is 9.84. The largest absolute Gasteiger partial charge is 0.456 e. The molecule has 1 unspecified atom stereocenters. The Labute approximate surface area is 343 Å². The van der Waals surface area contributed by atoms with Crippen molar-refractivity contribution in [3.63, 3.8) is 0 Å². The molecule has 12 aromatic rings. The smallest absolute Gasteiger partial charge is 0.161 e. The van der Waals surface area contributed by atoms with E-state index in [4.69, 9.17) is 14.4 Å². The topological polar surface area (TPSA) is 43.9 Å². The van der Waals surface area contributed by atoms with Gasteiger partial charge in [0.05, 0.1) is 26.9 Å². The first kappa shape index (κ1) is 32.7. The molecule has 4 heterocycles. The molecule has 1 aliphatic carbocycles. The summed E-state index contributed by atoms with van der Waals surface area (Å²) in [6.07, 6.45) is 0.964. The Morgan fingerprint density at radius 2 is 1.32 bits per heavy atom. The Morgan fingerprint density at radius 1 is 0.559 bits per heavy atom. The Kier molecular flexibility index (Phi) is 6.97. The van der Waals surface area contributed by atoms with Gasteiger partial charge in [0.25, 0.3) is 0 Å². The number of benzene rings is 8. The van der Waals surface area contributed by atoms with Crippen LogP contribution < -0.4 is 0 Å². The molecule has 0 fully saturated rings. The van der Waals surface area contributed by atoms with E-state index in [0.29, 0.717) is 11.7 Å². The minimum Gasteiger partial charge on any atom is -0.456 e. The SMILES string of the molecule is c1ccc(-c2nc(-c3cccc4oc5cc(-n6c7ccccc7c7c8c(ccc76)CC(c6ccccc6)c6ccccc6-8)ccc5c34)nc3c2sc2ccccc23)cc1. The van der Waals surface area contributed by atoms with Crippen molar-refractivity contribution in [2.45, 2.75) is 12.3 Å². The van der Waals surface area contributed by atoms with Crippen molar-refractivity contribution in [1.82, 2.24) is 14.5 Å². The highest BCUT2D eigenvalue weighted by Crippen LogP contribution is 2.49. The second-order valence-electron chi connectivity index (χ2n) is 15.6. The monoisotopic (exact) mass is 771 g/mol. The Hall–Kier alpha value is -7.34. The molecule has 0 amide bonds. The zero-order valence-corrected chi connectivity index (χ0v) is 32.6. The molecule has 4 nitrogen and oxygen atoms in total. The number of para-hydroxylation sites is 1. The van der Waals surface area contributed by atoms with E-state index in [-0.39, 0.29) is 0 Å². The molecule has 5 heteroatoms. The Morgan fingerprint density at radius 3 is 2.22 bits per heavy atom. The molecule has 1 aliphatic rings. The summed E-state index contributed by atoms with van der Waals surface area (Å²) >= 11 is 1.75. The normalized spacial score (nSPS) is 13.9. The predicted molar refractivity (Wildman–Crippen MR) is 245 cm³/mol. The second-order valence-corrected chi connectivity index (χ2v) is 16.7. The van der Waals surface area contributed by atoms with Gasteiger partial charge in [0, 0.05) is 60.4 Å². The summed E-state index contributed by atoms with van der Waals surface area (Å²) in [6, 6.07) is 65.4. The lowest BCUT2D eigenvalue weighted by Gasteiger charge is -2.29. The molecule has 276 valence electrons. The zero-order valence-electron chi connectivity index (χ0n) is 31.8. The lowest BCUT2D eigenvalue weighted by Crippen LogP contribution is -2.13. The van der Waals surface area contributed by atoms with Crippen molar-refractivity contribution in [3.8, 4) is 39.5 Å². The van der Waals surface area contributed by atoms with Crippen molar-refractivity contribution in [3.05, 3.63) is 199 Å². The number of hydrogen-bond donors (Lipinski definition) is 0. The number of rotatable bonds is 4. The van der Waals surface area contributed by atoms with Crippen LogP contribution in [0.5, 0.6) is 0 Å². The van der Waals surface area contributed by atoms with E-state index in [1.807, 2.05) is 6.07 Å². The van der Waals surface area contributed by atoms with Gasteiger partial charge < -0.3 is 8.98 Å². The summed E-state index contributed by atoms with van der Waals surface area (Å²) < 4.78 is 11.5. The first-order valence-electron chi connectivity index (χ1n) is 20.2. The number of aromatic nitrogens is 3. The molecule has 0 radical (unpaired) electrons. The van der Waals surface area contributed by atoms with Gasteiger partial charge in [-0.15, -0.1) is 11.3 Å². The number of fused-ring (bicyclic) bond motifs is 13. The molecular formula is C54H33N3OS. The molecular weight excluding hydrogens is 739 g/mol. The van der Waals surface area contributed by atoms with Gasteiger partial charge in [-0.2, -0.15) is 0 Å². The van der Waals surface area contributed by atoms with Gasteiger partial charge in [-0.3, -0.25) is 0 Å². The maximum Gasteiger partial charge on any atom is 0.161 e. The minimum absolute atomic E-state index is 0.313. The average molecular weight is 772 g/mol. The van der Waals surface area contributed by atoms with E-state index in [1.165, 1.54) is 54.3 Å². The molecule has 0 bridgehead atoms. The molecule has 59 heavy (non-hydrogen) atoms. The third-order valence-electron chi connectivity index (χ3n) is 12.4. The van der Waals surface area contributed by atoms with E-state index in [0.717, 1.165) is 66.5 Å². The van der Waals surface area contributed by atoms with Gasteiger partial charge in [0.15, 0.2) is 5.82 Å². The van der Waals surface area contributed by atoms with E-state index < -0.39 is 0 Å². The van der Waals surface area contributed by atoms with Crippen LogP contribution in [0.1, 0.15) is 22.6 Å². The van der Waals surface area contributed by atoms with E-state index in [1.54, 1.807) is 11.3 Å². The van der Waals surface area contributed by atoms with Crippen LogP contribution in [0, 0.1) is 0 Å². The van der Waals surface area contributed by atoms with Gasteiger partial charge >= 0.3 is 0 Å². The van der Waals surface area contributed by atoms with E-state index >= 15 is 0 Å². The zero-order chi connectivity index (χ0) is 38.6. The van der Waals surface area contributed by atoms with Crippen LogP contribution in [0.25, 0.3) is 104 Å². The van der Waals surface area contributed by atoms with Crippen molar-refractivity contribution in [2.24, 2.45) is 0 Å². The quantitative estimate of drug-likeness (QED) is 0.179. The van der Waals surface area contributed by atoms with Crippen LogP contribution in [0.15, 0.2) is 186 Å². The predicted octanol–water partition coefficient (Wildman–Crippen LogP) is 14.5. The lowest BCUT2D eigenvalue weighted by molar-refractivity contribution is 0.668. The summed E-state index contributed by atoms with van der Waals surface area (Å²) in [4.78, 5) is 10.6. The highest BCUT2D eigenvalue weighted by molar-refractivity contribution is 7.26. The first-order chi connectivity index (χ1) is 29.3. The fourth-order valence-corrected chi connectivity index (χ4v) is 11.0. The number of hydrogen-bond acceptors (Lipinski definition) is 4. The number of furan rings is 1. The van der Waals surface area contributed by atoms with Crippen LogP contribution in [-0.4, -0.2) is 14.5 Å². The van der Waals surface area contributed by atoms with Crippen LogP contribution in [0.2, 0.25) is 0 Å². The van der Waals surface area contributed by atoms with Crippen molar-refractivity contribution < 1.29 is 4.42 Å². The van der Waals surface area contributed by atoms with Crippen LogP contribution in [0.3, 0.4) is 0 Å². The minimum atomic E-state index is 0.313. The third-order valence-corrected chi connectivity index (χ3v) is 13.6. The number of thiophene rings is 1. The average Bonchev–Trinajstić information content (AvgIpc) is 3.98. The first-order valence-corrected chi connectivity index (χ1v) is 21.0. The van der Waals surface area contributed by atoms with Crippen molar-refractivity contribution >= 4 is 75.4 Å². The van der Waals surface area contributed by atoms with Crippen LogP contribution in [0.4, 0.5) is 0 Å². The van der Waals surface area contributed by atoms with Crippen molar-refractivity contribution in [1.29, 1.82) is 0 Å². The van der Waals surface area contributed by atoms with E-state index in [9.17, 15) is 0 Å². The molecule has 4 aromatic heterocycles. The standard InChI is InChI=1S/C54H33N3OS/c1-3-14-32(15-4-1)42-30-34-26-29-44-50(48(34)37-19-8-7-18-36(37)42)38-20-9-11-23-43(38)57(44)35-27-28-39-46(31-35)58-45-24-13-22-41(49(39)45)54-55-51(33-16-5-2-6-17-33)53-52(56-54)40-21-10-12-25-47(40)59-53/h1-29,31,42H,30H2. The Balaban J connectivity index is 1.01. The molecule has 8 aromatic carbocycles. The molecule has 1 atom stereocenters. The van der Waals surface area contributed by atoms with Gasteiger partial charge in [0.1, 0.15) is 11.2 Å². The van der Waals surface area contributed by atoms with Gasteiger partial charge in [0.2, 0.25) is 0 Å². The lowest BCUT2D eigenvalue weighted by atomic mass is 9.74. The molecule has 0 aliphatic heterocycles. The second kappa shape index (κ2) is 12.6. The number of nitrogens with zero attached hydrogens (tertiary/aromatic N) is 3. The highest BCUT2D eigenvalue weighted by Gasteiger charge is 2.29. The maximum absolute atomic E-state index is 6.76. The molecule has 0 N–H and O–H groups in total. The maximum atomic E-state index is 6.76. The third kappa shape index (κ3) is 4.83. The van der Waals surface area contributed by atoms with Gasteiger partial charge in [-0.1, -0.05) is 140 Å². The molecule has 0 spiro atoms. The van der Waals surface area contributed by atoms with Gasteiger partial charge in [-0.05, 0) is 70.6 Å². The molecule has 13 rings (SSSR count).